The van der Waals surface area contributed by atoms with Crippen LogP contribution in [0, 0.1) is 19.8 Å². The average Bonchev–Trinajstić information content (AvgIpc) is 2.97. The Labute approximate surface area is 161 Å². The molecule has 7 nitrogen and oxygen atoms in total. The zero-order valence-corrected chi connectivity index (χ0v) is 16.6. The molecule has 0 aliphatic heterocycles. The largest absolute Gasteiger partial charge is 0.497 e. The second-order valence-corrected chi connectivity index (χ2v) is 6.73. The first-order chi connectivity index (χ1) is 13.0. The highest BCUT2D eigenvalue weighted by Gasteiger charge is 2.08. The van der Waals surface area contributed by atoms with Gasteiger partial charge < -0.3 is 20.1 Å². The number of aromatic nitrogens is 2. The number of aryl methyl sites for hydroxylation is 2. The molecule has 0 spiro atoms. The van der Waals surface area contributed by atoms with Crippen molar-refractivity contribution in [3.63, 3.8) is 0 Å². The number of amides is 2. The summed E-state index contributed by atoms with van der Waals surface area (Å²) >= 11 is 0. The summed E-state index contributed by atoms with van der Waals surface area (Å²) in [5.74, 6) is 1.89. The maximum Gasteiger partial charge on any atom is 0.314 e. The number of rotatable bonds is 10. The van der Waals surface area contributed by atoms with Gasteiger partial charge in [-0.2, -0.15) is 5.10 Å². The van der Waals surface area contributed by atoms with Crippen LogP contribution in [0.2, 0.25) is 0 Å². The van der Waals surface area contributed by atoms with Gasteiger partial charge in [-0.3, -0.25) is 4.68 Å². The average molecular weight is 374 g/mol. The Morgan fingerprint density at radius 1 is 1.19 bits per heavy atom. The van der Waals surface area contributed by atoms with Crippen LogP contribution in [0.3, 0.4) is 0 Å². The lowest BCUT2D eigenvalue weighted by Gasteiger charge is -2.14. The summed E-state index contributed by atoms with van der Waals surface area (Å²) in [6, 6.07) is 9.34. The lowest BCUT2D eigenvalue weighted by Crippen LogP contribution is -2.39. The third-order valence-electron chi connectivity index (χ3n) is 4.13. The number of ether oxygens (including phenoxy) is 2. The van der Waals surface area contributed by atoms with Crippen LogP contribution in [0.15, 0.2) is 30.3 Å². The Hall–Kier alpha value is -2.70. The van der Waals surface area contributed by atoms with Crippen LogP contribution in [0.25, 0.3) is 0 Å². The smallest absolute Gasteiger partial charge is 0.314 e. The van der Waals surface area contributed by atoms with E-state index in [9.17, 15) is 4.79 Å². The number of carbonyl (C=O) groups excluding carboxylic acids is 1. The predicted molar refractivity (Wildman–Crippen MR) is 105 cm³/mol. The molecule has 2 N–H and O–H groups in total. The fraction of sp³-hybridized carbons (Fsp3) is 0.500. The Balaban J connectivity index is 1.55. The lowest BCUT2D eigenvalue weighted by atomic mass is 10.2. The first kappa shape index (κ1) is 20.6. The molecule has 2 rings (SSSR count). The van der Waals surface area contributed by atoms with E-state index in [1.807, 2.05) is 42.8 Å². The van der Waals surface area contributed by atoms with Crippen LogP contribution in [0.1, 0.15) is 24.7 Å². The summed E-state index contributed by atoms with van der Waals surface area (Å²) in [6.07, 6.45) is 0.737. The third-order valence-corrected chi connectivity index (χ3v) is 4.13. The van der Waals surface area contributed by atoms with E-state index < -0.39 is 0 Å². The van der Waals surface area contributed by atoms with Gasteiger partial charge in [-0.05, 0) is 56.5 Å². The first-order valence-corrected chi connectivity index (χ1v) is 9.27. The first-order valence-electron chi connectivity index (χ1n) is 9.27. The van der Waals surface area contributed by atoms with E-state index in [1.54, 1.807) is 7.11 Å². The van der Waals surface area contributed by atoms with Gasteiger partial charge in [0.2, 0.25) is 0 Å². The normalized spacial score (nSPS) is 11.7. The quantitative estimate of drug-likeness (QED) is 0.627. The van der Waals surface area contributed by atoms with Crippen molar-refractivity contribution in [2.45, 2.75) is 33.7 Å². The zero-order valence-electron chi connectivity index (χ0n) is 16.6. The molecule has 148 valence electrons. The van der Waals surface area contributed by atoms with Gasteiger partial charge in [0, 0.05) is 25.3 Å². The fourth-order valence-electron chi connectivity index (χ4n) is 2.69. The van der Waals surface area contributed by atoms with Crippen molar-refractivity contribution in [2.24, 2.45) is 5.92 Å². The fourth-order valence-corrected chi connectivity index (χ4v) is 2.69. The Morgan fingerprint density at radius 3 is 2.52 bits per heavy atom. The molecular formula is C20H30N4O3. The molecule has 1 aromatic carbocycles. The number of methoxy groups -OCH3 is 1. The third kappa shape index (κ3) is 7.21. The van der Waals surface area contributed by atoms with Crippen LogP contribution >= 0.6 is 0 Å². The number of benzene rings is 1. The van der Waals surface area contributed by atoms with Gasteiger partial charge in [0.1, 0.15) is 11.5 Å². The molecular weight excluding hydrogens is 344 g/mol. The number of hydrogen-bond acceptors (Lipinski definition) is 4. The Bertz CT molecular complexity index is 713. The topological polar surface area (TPSA) is 77.4 Å². The molecule has 0 saturated heterocycles. The van der Waals surface area contributed by atoms with Crippen molar-refractivity contribution in [3.05, 3.63) is 41.7 Å². The van der Waals surface area contributed by atoms with E-state index in [-0.39, 0.29) is 6.03 Å². The molecule has 2 amide bonds. The molecule has 0 bridgehead atoms. The second kappa shape index (κ2) is 10.4. The van der Waals surface area contributed by atoms with Crippen molar-refractivity contribution >= 4 is 6.03 Å². The van der Waals surface area contributed by atoms with E-state index in [1.165, 1.54) is 0 Å². The zero-order chi connectivity index (χ0) is 19.6. The standard InChI is InChI=1S/C20H30N4O3/c1-15(14-24-17(3)12-16(2)23-24)13-22-20(25)21-10-5-11-27-19-8-6-18(26-4)7-9-19/h6-9,12,15H,5,10-11,13-14H2,1-4H3,(H2,21,22,25). The van der Waals surface area contributed by atoms with Gasteiger partial charge in [-0.1, -0.05) is 6.92 Å². The van der Waals surface area contributed by atoms with E-state index >= 15 is 0 Å². The molecule has 0 saturated carbocycles. The highest BCUT2D eigenvalue weighted by Crippen LogP contribution is 2.16. The van der Waals surface area contributed by atoms with Gasteiger partial charge in [-0.25, -0.2) is 4.79 Å². The van der Waals surface area contributed by atoms with E-state index in [2.05, 4.69) is 28.7 Å². The van der Waals surface area contributed by atoms with Gasteiger partial charge in [0.15, 0.2) is 0 Å². The summed E-state index contributed by atoms with van der Waals surface area (Å²) in [7, 11) is 1.63. The maximum absolute atomic E-state index is 11.9. The van der Waals surface area contributed by atoms with E-state index in [4.69, 9.17) is 9.47 Å². The van der Waals surface area contributed by atoms with Gasteiger partial charge in [0.05, 0.1) is 19.4 Å². The van der Waals surface area contributed by atoms with Crippen molar-refractivity contribution in [1.82, 2.24) is 20.4 Å². The monoisotopic (exact) mass is 374 g/mol. The molecule has 0 fully saturated rings. The predicted octanol–water partition coefficient (Wildman–Crippen LogP) is 2.91. The molecule has 1 heterocycles. The van der Waals surface area contributed by atoms with Crippen molar-refractivity contribution in [2.75, 3.05) is 26.8 Å². The summed E-state index contributed by atoms with van der Waals surface area (Å²) in [4.78, 5) is 11.9. The number of carbonyl (C=O) groups is 1. The van der Waals surface area contributed by atoms with Crippen LogP contribution in [-0.2, 0) is 6.54 Å². The minimum Gasteiger partial charge on any atom is -0.497 e. The number of nitrogens with zero attached hydrogens (tertiary/aromatic N) is 2. The summed E-state index contributed by atoms with van der Waals surface area (Å²) in [6.45, 7) is 8.62. The Morgan fingerprint density at radius 2 is 1.89 bits per heavy atom. The van der Waals surface area contributed by atoms with E-state index in [0.717, 1.165) is 35.9 Å². The van der Waals surface area contributed by atoms with Crippen LogP contribution in [-0.4, -0.2) is 42.6 Å². The van der Waals surface area contributed by atoms with Crippen LogP contribution in [0.5, 0.6) is 11.5 Å². The van der Waals surface area contributed by atoms with Crippen LogP contribution in [0.4, 0.5) is 4.79 Å². The molecule has 1 atom stereocenters. The van der Waals surface area contributed by atoms with Crippen LogP contribution < -0.4 is 20.1 Å². The van der Waals surface area contributed by atoms with Crippen molar-refractivity contribution in [1.29, 1.82) is 0 Å². The molecule has 0 radical (unpaired) electrons. The highest BCUT2D eigenvalue weighted by atomic mass is 16.5. The number of nitrogens with one attached hydrogen (secondary N) is 2. The van der Waals surface area contributed by atoms with Crippen molar-refractivity contribution in [3.8, 4) is 11.5 Å². The minimum atomic E-state index is -0.153. The lowest BCUT2D eigenvalue weighted by molar-refractivity contribution is 0.236. The number of hydrogen-bond donors (Lipinski definition) is 2. The van der Waals surface area contributed by atoms with Crippen molar-refractivity contribution < 1.29 is 14.3 Å². The molecule has 2 aromatic rings. The molecule has 7 heteroatoms. The number of urea groups is 1. The van der Waals surface area contributed by atoms with E-state index in [0.29, 0.717) is 25.6 Å². The summed E-state index contributed by atoms with van der Waals surface area (Å²) < 4.78 is 12.7. The SMILES string of the molecule is COc1ccc(OCCCNC(=O)NCC(C)Cn2nc(C)cc2C)cc1. The highest BCUT2D eigenvalue weighted by molar-refractivity contribution is 5.73. The molecule has 27 heavy (non-hydrogen) atoms. The summed E-state index contributed by atoms with van der Waals surface area (Å²) in [5, 5.41) is 10.2. The molecule has 0 aliphatic rings. The minimum absolute atomic E-state index is 0.153. The summed E-state index contributed by atoms with van der Waals surface area (Å²) in [5.41, 5.74) is 2.16. The molecule has 1 unspecified atom stereocenters. The molecule has 1 aromatic heterocycles. The van der Waals surface area contributed by atoms with Gasteiger partial charge >= 0.3 is 6.03 Å². The second-order valence-electron chi connectivity index (χ2n) is 6.73. The van der Waals surface area contributed by atoms with Gasteiger partial charge in [0.25, 0.3) is 0 Å². The Kier molecular flexibility index (Phi) is 7.98. The maximum atomic E-state index is 11.9. The van der Waals surface area contributed by atoms with Gasteiger partial charge in [-0.15, -0.1) is 0 Å². The molecule has 0 aliphatic carbocycles.